The zero-order valence-corrected chi connectivity index (χ0v) is 13.3. The van der Waals surface area contributed by atoms with Crippen LogP contribution in [-0.2, 0) is 17.0 Å². The zero-order valence-electron chi connectivity index (χ0n) is 12.5. The van der Waals surface area contributed by atoms with Gasteiger partial charge in [0.2, 0.25) is 5.91 Å². The molecule has 0 saturated heterocycles. The molecule has 1 amide bonds. The summed E-state index contributed by atoms with van der Waals surface area (Å²) in [5.74, 6) is 1.11. The molecule has 0 aromatic heterocycles. The van der Waals surface area contributed by atoms with Gasteiger partial charge in [-0.25, -0.2) is 0 Å². The largest absolute Gasteiger partial charge is 0.325 e. The highest BCUT2D eigenvalue weighted by atomic mass is 32.2. The van der Waals surface area contributed by atoms with E-state index in [2.05, 4.69) is 18.3 Å². The lowest BCUT2D eigenvalue weighted by atomic mass is 10.1. The number of carbonyl (C=O) groups excluding carboxylic acids is 1. The third-order valence-corrected chi connectivity index (χ3v) is 4.18. The van der Waals surface area contributed by atoms with E-state index in [1.807, 2.05) is 42.5 Å². The number of nitrogens with zero attached hydrogens (tertiary/aromatic N) is 1. The van der Waals surface area contributed by atoms with Crippen LogP contribution >= 0.6 is 11.8 Å². The van der Waals surface area contributed by atoms with Crippen LogP contribution in [0.25, 0.3) is 0 Å². The Morgan fingerprint density at radius 2 is 1.95 bits per heavy atom. The summed E-state index contributed by atoms with van der Waals surface area (Å²) in [5, 5.41) is 11.8. The van der Waals surface area contributed by atoms with Gasteiger partial charge in [0.15, 0.2) is 0 Å². The van der Waals surface area contributed by atoms with E-state index >= 15 is 0 Å². The Balaban J connectivity index is 1.81. The number of hydrogen-bond acceptors (Lipinski definition) is 3. The van der Waals surface area contributed by atoms with Crippen molar-refractivity contribution in [2.24, 2.45) is 0 Å². The van der Waals surface area contributed by atoms with Gasteiger partial charge in [0, 0.05) is 11.4 Å². The number of carbonyl (C=O) groups is 1. The Kier molecular flexibility index (Phi) is 6.05. The molecule has 0 bridgehead atoms. The lowest BCUT2D eigenvalue weighted by Gasteiger charge is -2.07. The minimum absolute atomic E-state index is 0.00492. The van der Waals surface area contributed by atoms with Crippen molar-refractivity contribution in [2.45, 2.75) is 19.1 Å². The van der Waals surface area contributed by atoms with Gasteiger partial charge in [-0.1, -0.05) is 31.2 Å². The van der Waals surface area contributed by atoms with E-state index in [0.29, 0.717) is 11.3 Å². The number of nitrogens with one attached hydrogen (secondary N) is 1. The van der Waals surface area contributed by atoms with Gasteiger partial charge in [0.05, 0.1) is 17.4 Å². The highest BCUT2D eigenvalue weighted by Gasteiger charge is 2.04. The van der Waals surface area contributed by atoms with Gasteiger partial charge in [-0.3, -0.25) is 4.79 Å². The molecule has 3 nitrogen and oxygen atoms in total. The molecular formula is C18H18N2OS. The maximum Gasteiger partial charge on any atom is 0.234 e. The normalized spacial score (nSPS) is 10.0. The summed E-state index contributed by atoms with van der Waals surface area (Å²) in [6.45, 7) is 2.09. The number of amides is 1. The van der Waals surface area contributed by atoms with E-state index in [1.165, 1.54) is 5.56 Å². The molecule has 4 heteroatoms. The van der Waals surface area contributed by atoms with Crippen molar-refractivity contribution in [3.8, 4) is 6.07 Å². The quantitative estimate of drug-likeness (QED) is 0.877. The van der Waals surface area contributed by atoms with Crippen molar-refractivity contribution in [3.63, 3.8) is 0 Å². The molecule has 2 rings (SSSR count). The lowest BCUT2D eigenvalue weighted by molar-refractivity contribution is -0.113. The standard InChI is InChI=1S/C18H18N2OS/c1-2-14-5-4-8-17(10-14)20-18(21)13-22-12-16-7-3-6-15(9-16)11-19/h3-10H,2,12-13H2,1H3,(H,20,21). The Labute approximate surface area is 135 Å². The first kappa shape index (κ1) is 16.1. The predicted octanol–water partition coefficient (Wildman–Crippen LogP) is 3.99. The molecule has 0 heterocycles. The number of hydrogen-bond donors (Lipinski definition) is 1. The first-order chi connectivity index (χ1) is 10.7. The second-order valence-electron chi connectivity index (χ2n) is 4.91. The molecule has 112 valence electrons. The lowest BCUT2D eigenvalue weighted by Crippen LogP contribution is -2.14. The summed E-state index contributed by atoms with van der Waals surface area (Å²) in [5.41, 5.74) is 3.76. The van der Waals surface area contributed by atoms with Gasteiger partial charge in [0.25, 0.3) is 0 Å². The van der Waals surface area contributed by atoms with Gasteiger partial charge >= 0.3 is 0 Å². The van der Waals surface area contributed by atoms with Crippen molar-refractivity contribution in [1.29, 1.82) is 5.26 Å². The smallest absolute Gasteiger partial charge is 0.234 e. The van der Waals surface area contributed by atoms with Crippen molar-refractivity contribution in [1.82, 2.24) is 0 Å². The Hall–Kier alpha value is -2.25. The van der Waals surface area contributed by atoms with Crippen LogP contribution in [0.2, 0.25) is 0 Å². The SMILES string of the molecule is CCc1cccc(NC(=O)CSCc2cccc(C#N)c2)c1. The average molecular weight is 310 g/mol. The van der Waals surface area contributed by atoms with Crippen LogP contribution < -0.4 is 5.32 Å². The van der Waals surface area contributed by atoms with Crippen molar-refractivity contribution in [3.05, 3.63) is 65.2 Å². The molecular weight excluding hydrogens is 292 g/mol. The fourth-order valence-electron chi connectivity index (χ4n) is 2.06. The van der Waals surface area contributed by atoms with Crippen LogP contribution in [0.5, 0.6) is 0 Å². The Morgan fingerprint density at radius 1 is 1.18 bits per heavy atom. The maximum absolute atomic E-state index is 11.9. The highest BCUT2D eigenvalue weighted by molar-refractivity contribution is 7.99. The Morgan fingerprint density at radius 3 is 2.73 bits per heavy atom. The molecule has 2 aromatic carbocycles. The van der Waals surface area contributed by atoms with Gasteiger partial charge in [0.1, 0.15) is 0 Å². The molecule has 0 unspecified atom stereocenters. The number of aryl methyl sites for hydroxylation is 1. The number of nitriles is 1. The van der Waals surface area contributed by atoms with E-state index in [4.69, 9.17) is 5.26 Å². The van der Waals surface area contributed by atoms with E-state index in [0.717, 1.165) is 23.4 Å². The molecule has 22 heavy (non-hydrogen) atoms. The molecule has 0 atom stereocenters. The van der Waals surface area contributed by atoms with Crippen LogP contribution in [0.3, 0.4) is 0 Å². The van der Waals surface area contributed by atoms with Crippen LogP contribution in [-0.4, -0.2) is 11.7 Å². The second-order valence-corrected chi connectivity index (χ2v) is 5.89. The Bertz CT molecular complexity index is 691. The highest BCUT2D eigenvalue weighted by Crippen LogP contribution is 2.15. The molecule has 0 saturated carbocycles. The van der Waals surface area contributed by atoms with Gasteiger partial charge in [-0.2, -0.15) is 5.26 Å². The fraction of sp³-hybridized carbons (Fsp3) is 0.222. The average Bonchev–Trinajstić information content (AvgIpc) is 2.55. The summed E-state index contributed by atoms with van der Waals surface area (Å²) in [6, 6.07) is 17.5. The van der Waals surface area contributed by atoms with Crippen LogP contribution in [0.4, 0.5) is 5.69 Å². The molecule has 0 radical (unpaired) electrons. The second kappa shape index (κ2) is 8.26. The third kappa shape index (κ3) is 4.94. The third-order valence-electron chi connectivity index (χ3n) is 3.18. The van der Waals surface area contributed by atoms with Crippen molar-refractivity contribution in [2.75, 3.05) is 11.1 Å². The number of rotatable bonds is 6. The summed E-state index contributed by atoms with van der Waals surface area (Å²) >= 11 is 1.54. The summed E-state index contributed by atoms with van der Waals surface area (Å²) in [7, 11) is 0. The van der Waals surface area contributed by atoms with Crippen LogP contribution in [0.15, 0.2) is 48.5 Å². The molecule has 0 aliphatic carbocycles. The first-order valence-corrected chi connectivity index (χ1v) is 8.32. The monoisotopic (exact) mass is 310 g/mol. The van der Waals surface area contributed by atoms with Crippen molar-refractivity contribution < 1.29 is 4.79 Å². The van der Waals surface area contributed by atoms with E-state index in [-0.39, 0.29) is 5.91 Å². The molecule has 0 spiro atoms. The molecule has 0 aliphatic rings. The van der Waals surface area contributed by atoms with Crippen molar-refractivity contribution >= 4 is 23.4 Å². The minimum Gasteiger partial charge on any atom is -0.325 e. The van der Waals surface area contributed by atoms with Gasteiger partial charge in [-0.05, 0) is 41.8 Å². The zero-order chi connectivity index (χ0) is 15.8. The molecule has 0 fully saturated rings. The minimum atomic E-state index is -0.00492. The van der Waals surface area contributed by atoms with E-state index in [9.17, 15) is 4.79 Å². The maximum atomic E-state index is 11.9. The van der Waals surface area contributed by atoms with Gasteiger partial charge in [-0.15, -0.1) is 11.8 Å². The predicted molar refractivity (Wildman–Crippen MR) is 91.8 cm³/mol. The topological polar surface area (TPSA) is 52.9 Å². The van der Waals surface area contributed by atoms with Crippen LogP contribution in [0.1, 0.15) is 23.6 Å². The molecule has 1 N–H and O–H groups in total. The van der Waals surface area contributed by atoms with E-state index in [1.54, 1.807) is 17.8 Å². The summed E-state index contributed by atoms with van der Waals surface area (Å²) < 4.78 is 0. The van der Waals surface area contributed by atoms with Crippen LogP contribution in [0, 0.1) is 11.3 Å². The summed E-state index contributed by atoms with van der Waals surface area (Å²) in [6.07, 6.45) is 0.952. The number of thioether (sulfide) groups is 1. The fourth-order valence-corrected chi connectivity index (χ4v) is 2.83. The molecule has 2 aromatic rings. The summed E-state index contributed by atoms with van der Waals surface area (Å²) in [4.78, 5) is 11.9. The van der Waals surface area contributed by atoms with Gasteiger partial charge < -0.3 is 5.32 Å². The number of benzene rings is 2. The van der Waals surface area contributed by atoms with E-state index < -0.39 is 0 Å². The first-order valence-electron chi connectivity index (χ1n) is 7.17. The number of anilines is 1. The molecule has 0 aliphatic heterocycles.